The number of amides is 1. The molecule has 0 aliphatic heterocycles. The highest BCUT2D eigenvalue weighted by atomic mass is 32.2. The predicted octanol–water partition coefficient (Wildman–Crippen LogP) is 2.67. The highest BCUT2D eigenvalue weighted by Gasteiger charge is 2.30. The normalized spacial score (nSPS) is 13.9. The van der Waals surface area contributed by atoms with Crippen molar-refractivity contribution in [3.8, 4) is 0 Å². The molecule has 0 aromatic heterocycles. The van der Waals surface area contributed by atoms with Gasteiger partial charge in [-0.25, -0.2) is 8.42 Å². The van der Waals surface area contributed by atoms with Gasteiger partial charge in [-0.1, -0.05) is 17.7 Å². The minimum atomic E-state index is -3.93. The largest absolute Gasteiger partial charge is 0.352 e. The molecule has 0 saturated heterocycles. The van der Waals surface area contributed by atoms with Crippen molar-refractivity contribution in [2.45, 2.75) is 37.6 Å². The number of nitrogens with one attached hydrogen (secondary N) is 1. The van der Waals surface area contributed by atoms with Crippen LogP contribution in [0.4, 0.5) is 5.69 Å². The van der Waals surface area contributed by atoms with Gasteiger partial charge in [-0.05, 0) is 63.1 Å². The Morgan fingerprint density at radius 2 is 1.63 bits per heavy atom. The second-order valence-corrected chi connectivity index (χ2v) is 8.63. The molecule has 142 valence electrons. The van der Waals surface area contributed by atoms with E-state index in [0.29, 0.717) is 11.3 Å². The van der Waals surface area contributed by atoms with E-state index in [4.69, 9.17) is 0 Å². The fourth-order valence-corrected chi connectivity index (χ4v) is 4.07. The number of rotatable bonds is 7. The number of Topliss-reactive ketones (excluding diaryl/α,β-unsaturated/α-hetero) is 1. The summed E-state index contributed by atoms with van der Waals surface area (Å²) < 4.78 is 27.4. The Balaban J connectivity index is 1.96. The molecular weight excluding hydrogens is 364 g/mol. The molecule has 0 heterocycles. The smallest absolute Gasteiger partial charge is 0.264 e. The molecule has 6 nitrogen and oxygen atoms in total. The van der Waals surface area contributed by atoms with Gasteiger partial charge < -0.3 is 5.32 Å². The molecule has 7 heteroatoms. The van der Waals surface area contributed by atoms with E-state index in [0.717, 1.165) is 22.7 Å². The highest BCUT2D eigenvalue weighted by Crippen LogP contribution is 2.25. The summed E-state index contributed by atoms with van der Waals surface area (Å²) in [5.74, 6) is -0.454. The lowest BCUT2D eigenvalue weighted by Gasteiger charge is -2.24. The molecule has 2 aromatic carbocycles. The van der Waals surface area contributed by atoms with E-state index in [2.05, 4.69) is 5.32 Å². The van der Waals surface area contributed by atoms with Crippen molar-refractivity contribution in [1.82, 2.24) is 5.32 Å². The van der Waals surface area contributed by atoms with Crippen molar-refractivity contribution in [3.63, 3.8) is 0 Å². The van der Waals surface area contributed by atoms with Crippen LogP contribution in [0.1, 0.15) is 35.7 Å². The summed E-state index contributed by atoms with van der Waals surface area (Å²) in [6.07, 6.45) is 1.84. The van der Waals surface area contributed by atoms with Crippen LogP contribution >= 0.6 is 0 Å². The van der Waals surface area contributed by atoms with Crippen LogP contribution in [0, 0.1) is 6.92 Å². The first-order valence-corrected chi connectivity index (χ1v) is 10.2. The molecule has 3 rings (SSSR count). The lowest BCUT2D eigenvalue weighted by atomic mass is 10.1. The van der Waals surface area contributed by atoms with Crippen LogP contribution in [0.15, 0.2) is 53.4 Å². The quantitative estimate of drug-likeness (QED) is 0.742. The number of hydrogen-bond donors (Lipinski definition) is 1. The van der Waals surface area contributed by atoms with E-state index in [1.807, 2.05) is 6.92 Å². The monoisotopic (exact) mass is 386 g/mol. The zero-order valence-corrected chi connectivity index (χ0v) is 16.1. The first-order chi connectivity index (χ1) is 12.8. The van der Waals surface area contributed by atoms with Crippen molar-refractivity contribution in [2.75, 3.05) is 10.8 Å². The Hall–Kier alpha value is -2.67. The van der Waals surface area contributed by atoms with Crippen molar-refractivity contribution >= 4 is 27.4 Å². The number of benzene rings is 2. The maximum absolute atomic E-state index is 13.2. The van der Waals surface area contributed by atoms with Gasteiger partial charge in [0.05, 0.1) is 10.6 Å². The van der Waals surface area contributed by atoms with Crippen LogP contribution in [0.3, 0.4) is 0 Å². The molecule has 0 unspecified atom stereocenters. The molecule has 0 spiro atoms. The number of carbonyl (C=O) groups excluding carboxylic acids is 2. The molecule has 0 atom stereocenters. The molecule has 1 aliphatic carbocycles. The van der Waals surface area contributed by atoms with Crippen molar-refractivity contribution in [3.05, 3.63) is 59.7 Å². The van der Waals surface area contributed by atoms with Crippen LogP contribution in [0.2, 0.25) is 0 Å². The predicted molar refractivity (Wildman–Crippen MR) is 103 cm³/mol. The van der Waals surface area contributed by atoms with Crippen molar-refractivity contribution in [2.24, 2.45) is 0 Å². The number of ketones is 1. The molecule has 1 fully saturated rings. The summed E-state index contributed by atoms with van der Waals surface area (Å²) >= 11 is 0. The molecule has 2 aromatic rings. The van der Waals surface area contributed by atoms with Gasteiger partial charge in [0, 0.05) is 11.6 Å². The minimum absolute atomic E-state index is 0.110. The van der Waals surface area contributed by atoms with Gasteiger partial charge in [0.1, 0.15) is 6.54 Å². The summed E-state index contributed by atoms with van der Waals surface area (Å²) in [6.45, 7) is 3.00. The Morgan fingerprint density at radius 1 is 1.04 bits per heavy atom. The molecule has 0 radical (unpaired) electrons. The van der Waals surface area contributed by atoms with Gasteiger partial charge >= 0.3 is 0 Å². The van der Waals surface area contributed by atoms with Crippen molar-refractivity contribution in [1.29, 1.82) is 0 Å². The van der Waals surface area contributed by atoms with Crippen LogP contribution in [-0.2, 0) is 14.8 Å². The Morgan fingerprint density at radius 3 is 2.15 bits per heavy atom. The summed E-state index contributed by atoms with van der Waals surface area (Å²) in [5.41, 5.74) is 1.76. The average Bonchev–Trinajstić information content (AvgIpc) is 3.44. The van der Waals surface area contributed by atoms with Gasteiger partial charge in [0.25, 0.3) is 10.0 Å². The number of aryl methyl sites for hydroxylation is 1. The third-order valence-corrected chi connectivity index (χ3v) is 6.19. The standard InChI is InChI=1S/C20H22N2O4S/c1-14-3-11-19(12-4-14)27(25,26)22(13-20(24)21-17-7-8-17)18-9-5-16(6-10-18)15(2)23/h3-6,9-12,17H,7-8,13H2,1-2H3,(H,21,24). The second kappa shape index (κ2) is 7.52. The van der Waals surface area contributed by atoms with E-state index >= 15 is 0 Å². The summed E-state index contributed by atoms with van der Waals surface area (Å²) in [5, 5.41) is 2.82. The zero-order chi connectivity index (χ0) is 19.6. The van der Waals surface area contributed by atoms with Gasteiger partial charge in [0.15, 0.2) is 5.78 Å². The highest BCUT2D eigenvalue weighted by molar-refractivity contribution is 7.92. The molecule has 1 N–H and O–H groups in total. The van der Waals surface area contributed by atoms with Crippen LogP contribution in [-0.4, -0.2) is 32.7 Å². The minimum Gasteiger partial charge on any atom is -0.352 e. The number of anilines is 1. The van der Waals surface area contributed by atoms with Gasteiger partial charge in [-0.2, -0.15) is 0 Å². The third-order valence-electron chi connectivity index (χ3n) is 4.40. The zero-order valence-electron chi connectivity index (χ0n) is 15.3. The van der Waals surface area contributed by atoms with Gasteiger partial charge in [0.2, 0.25) is 5.91 Å². The molecule has 0 bridgehead atoms. The van der Waals surface area contributed by atoms with Gasteiger partial charge in [-0.15, -0.1) is 0 Å². The van der Waals surface area contributed by atoms with E-state index in [1.54, 1.807) is 36.4 Å². The Bertz CT molecular complexity index is 946. The summed E-state index contributed by atoms with van der Waals surface area (Å²) in [7, 11) is -3.93. The number of sulfonamides is 1. The van der Waals surface area contributed by atoms with Crippen LogP contribution in [0.25, 0.3) is 0 Å². The fourth-order valence-electron chi connectivity index (χ4n) is 2.65. The summed E-state index contributed by atoms with van der Waals surface area (Å²) in [6, 6.07) is 12.9. The molecule has 1 saturated carbocycles. The van der Waals surface area contributed by atoms with E-state index < -0.39 is 10.0 Å². The van der Waals surface area contributed by atoms with Crippen molar-refractivity contribution < 1.29 is 18.0 Å². The molecule has 1 amide bonds. The Kier molecular flexibility index (Phi) is 5.32. The van der Waals surface area contributed by atoms with Crippen LogP contribution in [0.5, 0.6) is 0 Å². The SMILES string of the molecule is CC(=O)c1ccc(N(CC(=O)NC2CC2)S(=O)(=O)c2ccc(C)cc2)cc1. The molecule has 1 aliphatic rings. The van der Waals surface area contributed by atoms with Crippen LogP contribution < -0.4 is 9.62 Å². The maximum Gasteiger partial charge on any atom is 0.264 e. The lowest BCUT2D eigenvalue weighted by molar-refractivity contribution is -0.119. The third kappa shape index (κ3) is 4.54. The number of nitrogens with zero attached hydrogens (tertiary/aromatic N) is 1. The van der Waals surface area contributed by atoms with E-state index in [-0.39, 0.29) is 29.2 Å². The van der Waals surface area contributed by atoms with E-state index in [9.17, 15) is 18.0 Å². The first-order valence-electron chi connectivity index (χ1n) is 8.77. The number of carbonyl (C=O) groups is 2. The van der Waals surface area contributed by atoms with E-state index in [1.165, 1.54) is 19.1 Å². The molecular formula is C20H22N2O4S. The van der Waals surface area contributed by atoms with Gasteiger partial charge in [-0.3, -0.25) is 13.9 Å². The average molecular weight is 386 g/mol. The first kappa shape index (κ1) is 19.1. The fraction of sp³-hybridized carbons (Fsp3) is 0.300. The molecule has 27 heavy (non-hydrogen) atoms. The maximum atomic E-state index is 13.2. The second-order valence-electron chi connectivity index (χ2n) is 6.77. The lowest BCUT2D eigenvalue weighted by Crippen LogP contribution is -2.41. The Labute approximate surface area is 159 Å². The summed E-state index contributed by atoms with van der Waals surface area (Å²) in [4.78, 5) is 23.9. The number of hydrogen-bond acceptors (Lipinski definition) is 4. The topological polar surface area (TPSA) is 83.6 Å².